The van der Waals surface area contributed by atoms with Gasteiger partial charge in [-0.1, -0.05) is 6.92 Å². The Hall–Kier alpha value is -0.830. The Morgan fingerprint density at radius 1 is 1.56 bits per heavy atom. The van der Waals surface area contributed by atoms with Gasteiger partial charge in [0.15, 0.2) is 0 Å². The van der Waals surface area contributed by atoms with Crippen LogP contribution in [0.1, 0.15) is 50.8 Å². The van der Waals surface area contributed by atoms with Crippen molar-refractivity contribution in [3.63, 3.8) is 0 Å². The van der Waals surface area contributed by atoms with Crippen molar-refractivity contribution in [3.05, 3.63) is 18.2 Å². The Bertz CT molecular complexity index is 365. The van der Waals surface area contributed by atoms with E-state index in [-0.39, 0.29) is 0 Å². The highest BCUT2D eigenvalue weighted by molar-refractivity contribution is 5.06. The first-order valence-electron chi connectivity index (χ1n) is 6.59. The van der Waals surface area contributed by atoms with Crippen LogP contribution in [0.25, 0.3) is 0 Å². The average molecular weight is 219 g/mol. The normalized spacial score (nSPS) is 27.9. The molecule has 16 heavy (non-hydrogen) atoms. The van der Waals surface area contributed by atoms with Gasteiger partial charge >= 0.3 is 0 Å². The molecule has 1 spiro atoms. The van der Waals surface area contributed by atoms with E-state index >= 15 is 0 Å². The molecule has 1 aromatic rings. The van der Waals surface area contributed by atoms with Crippen LogP contribution in [0, 0.1) is 0 Å². The van der Waals surface area contributed by atoms with Crippen LogP contribution in [-0.4, -0.2) is 21.6 Å². The molecule has 0 radical (unpaired) electrons. The standard InChI is InChI=1S/C13H21N3/c1-2-11-9-14-10-16(11)12-4-7-15-13(8-12)5-3-6-13/h9-10,12,15H,2-8H2,1H3. The number of nitrogens with one attached hydrogen (secondary N) is 1. The fourth-order valence-electron chi connectivity index (χ4n) is 3.29. The van der Waals surface area contributed by atoms with Gasteiger partial charge in [-0.25, -0.2) is 4.98 Å². The molecule has 3 nitrogen and oxygen atoms in total. The van der Waals surface area contributed by atoms with Gasteiger partial charge in [0, 0.05) is 23.5 Å². The first-order valence-corrected chi connectivity index (χ1v) is 6.59. The summed E-state index contributed by atoms with van der Waals surface area (Å²) in [5.41, 5.74) is 1.87. The number of aryl methyl sites for hydroxylation is 1. The Morgan fingerprint density at radius 2 is 2.44 bits per heavy atom. The lowest BCUT2D eigenvalue weighted by Gasteiger charge is -2.48. The number of rotatable bonds is 2. The number of nitrogens with zero attached hydrogens (tertiary/aromatic N) is 2. The van der Waals surface area contributed by atoms with Crippen molar-refractivity contribution in [2.24, 2.45) is 0 Å². The predicted molar refractivity (Wildman–Crippen MR) is 64.5 cm³/mol. The summed E-state index contributed by atoms with van der Waals surface area (Å²) < 4.78 is 2.42. The molecule has 0 amide bonds. The lowest BCUT2D eigenvalue weighted by Crippen LogP contribution is -2.55. The van der Waals surface area contributed by atoms with Crippen molar-refractivity contribution in [1.29, 1.82) is 0 Å². The zero-order valence-corrected chi connectivity index (χ0v) is 10.1. The van der Waals surface area contributed by atoms with Crippen LogP contribution in [0.2, 0.25) is 0 Å². The van der Waals surface area contributed by atoms with E-state index in [1.165, 1.54) is 44.3 Å². The Kier molecular flexibility index (Phi) is 2.51. The quantitative estimate of drug-likeness (QED) is 0.827. The minimum absolute atomic E-state index is 0.484. The van der Waals surface area contributed by atoms with Crippen LogP contribution >= 0.6 is 0 Å². The van der Waals surface area contributed by atoms with E-state index in [4.69, 9.17) is 0 Å². The minimum Gasteiger partial charge on any atom is -0.331 e. The molecule has 0 bridgehead atoms. The van der Waals surface area contributed by atoms with Gasteiger partial charge in [0.05, 0.1) is 6.33 Å². The molecule has 1 atom stereocenters. The lowest BCUT2D eigenvalue weighted by atomic mass is 9.70. The van der Waals surface area contributed by atoms with Crippen LogP contribution < -0.4 is 5.32 Å². The molecule has 1 aliphatic heterocycles. The van der Waals surface area contributed by atoms with E-state index in [0.29, 0.717) is 11.6 Å². The van der Waals surface area contributed by atoms with Crippen molar-refractivity contribution >= 4 is 0 Å². The molecule has 2 aliphatic rings. The second-order valence-corrected chi connectivity index (χ2v) is 5.35. The molecule has 2 fully saturated rings. The Morgan fingerprint density at radius 3 is 3.12 bits per heavy atom. The summed E-state index contributed by atoms with van der Waals surface area (Å²) in [6.07, 6.45) is 11.9. The maximum Gasteiger partial charge on any atom is 0.0950 e. The van der Waals surface area contributed by atoms with Crippen molar-refractivity contribution < 1.29 is 0 Å². The molecule has 1 unspecified atom stereocenters. The molecule has 1 saturated carbocycles. The Balaban J connectivity index is 1.79. The third-order valence-corrected chi connectivity index (χ3v) is 4.42. The molecule has 2 heterocycles. The molecule has 1 aromatic heterocycles. The molecular formula is C13H21N3. The van der Waals surface area contributed by atoms with Gasteiger partial charge in [0.1, 0.15) is 0 Å². The van der Waals surface area contributed by atoms with Crippen molar-refractivity contribution in [2.75, 3.05) is 6.54 Å². The summed E-state index contributed by atoms with van der Waals surface area (Å²) in [6.45, 7) is 3.39. The van der Waals surface area contributed by atoms with E-state index in [1.807, 2.05) is 12.5 Å². The van der Waals surface area contributed by atoms with E-state index in [2.05, 4.69) is 21.8 Å². The lowest BCUT2D eigenvalue weighted by molar-refractivity contribution is 0.109. The molecular weight excluding hydrogens is 198 g/mol. The number of aromatic nitrogens is 2. The molecule has 3 rings (SSSR count). The maximum absolute atomic E-state index is 4.30. The molecule has 3 heteroatoms. The molecule has 0 aromatic carbocycles. The number of hydrogen-bond donors (Lipinski definition) is 1. The summed E-state index contributed by atoms with van der Waals surface area (Å²) >= 11 is 0. The first kappa shape index (κ1) is 10.3. The summed E-state index contributed by atoms with van der Waals surface area (Å²) in [5.74, 6) is 0. The van der Waals surface area contributed by atoms with Gasteiger partial charge in [-0.05, 0) is 45.1 Å². The van der Waals surface area contributed by atoms with E-state index in [1.54, 1.807) is 0 Å². The number of imidazole rings is 1. The van der Waals surface area contributed by atoms with Gasteiger partial charge in [-0.2, -0.15) is 0 Å². The molecule has 1 aliphatic carbocycles. The Labute approximate surface area is 97.3 Å². The monoisotopic (exact) mass is 219 g/mol. The van der Waals surface area contributed by atoms with Crippen LogP contribution in [0.15, 0.2) is 12.5 Å². The van der Waals surface area contributed by atoms with Crippen molar-refractivity contribution in [2.45, 2.75) is 57.0 Å². The summed E-state index contributed by atoms with van der Waals surface area (Å²) in [6, 6.07) is 0.680. The number of piperidine rings is 1. The van der Waals surface area contributed by atoms with Gasteiger partial charge in [-0.3, -0.25) is 0 Å². The van der Waals surface area contributed by atoms with E-state index in [0.717, 1.165) is 6.42 Å². The van der Waals surface area contributed by atoms with Crippen molar-refractivity contribution in [1.82, 2.24) is 14.9 Å². The van der Waals surface area contributed by atoms with E-state index in [9.17, 15) is 0 Å². The van der Waals surface area contributed by atoms with E-state index < -0.39 is 0 Å². The van der Waals surface area contributed by atoms with Crippen molar-refractivity contribution in [3.8, 4) is 0 Å². The topological polar surface area (TPSA) is 29.9 Å². The minimum atomic E-state index is 0.484. The second-order valence-electron chi connectivity index (χ2n) is 5.35. The highest BCUT2D eigenvalue weighted by Gasteiger charge is 2.41. The molecule has 1 N–H and O–H groups in total. The molecule has 1 saturated heterocycles. The fraction of sp³-hybridized carbons (Fsp3) is 0.769. The predicted octanol–water partition coefficient (Wildman–Crippen LogP) is 2.29. The average Bonchev–Trinajstić information content (AvgIpc) is 2.75. The van der Waals surface area contributed by atoms with Gasteiger partial charge in [-0.15, -0.1) is 0 Å². The summed E-state index contributed by atoms with van der Waals surface area (Å²) in [4.78, 5) is 4.30. The van der Waals surface area contributed by atoms with Crippen LogP contribution in [0.4, 0.5) is 0 Å². The number of hydrogen-bond acceptors (Lipinski definition) is 2. The highest BCUT2D eigenvalue weighted by Crippen LogP contribution is 2.42. The van der Waals surface area contributed by atoms with Crippen LogP contribution in [-0.2, 0) is 6.42 Å². The maximum atomic E-state index is 4.30. The summed E-state index contributed by atoms with van der Waals surface area (Å²) in [7, 11) is 0. The van der Waals surface area contributed by atoms with Gasteiger partial charge in [0.25, 0.3) is 0 Å². The second kappa shape index (κ2) is 3.88. The van der Waals surface area contributed by atoms with Crippen LogP contribution in [0.5, 0.6) is 0 Å². The fourth-order valence-corrected chi connectivity index (χ4v) is 3.29. The third kappa shape index (κ3) is 1.58. The smallest absolute Gasteiger partial charge is 0.0950 e. The summed E-state index contributed by atoms with van der Waals surface area (Å²) in [5, 5.41) is 3.73. The van der Waals surface area contributed by atoms with Gasteiger partial charge < -0.3 is 9.88 Å². The van der Waals surface area contributed by atoms with Crippen LogP contribution in [0.3, 0.4) is 0 Å². The van der Waals surface area contributed by atoms with Gasteiger partial charge in [0.2, 0.25) is 0 Å². The highest BCUT2D eigenvalue weighted by atomic mass is 15.1. The zero-order chi connectivity index (χ0) is 11.0. The zero-order valence-electron chi connectivity index (χ0n) is 10.1. The third-order valence-electron chi connectivity index (χ3n) is 4.42. The SMILES string of the molecule is CCc1cncn1C1CCNC2(CCC2)C1. The first-order chi connectivity index (χ1) is 7.83. The largest absolute Gasteiger partial charge is 0.331 e. The molecule has 88 valence electrons.